The first kappa shape index (κ1) is 7.83. The van der Waals surface area contributed by atoms with Gasteiger partial charge < -0.3 is 10.1 Å². The normalized spacial score (nSPS) is 29.6. The van der Waals surface area contributed by atoms with E-state index in [1.54, 1.807) is 0 Å². The first-order chi connectivity index (χ1) is 6.30. The molecule has 2 aliphatic heterocycles. The fourth-order valence-corrected chi connectivity index (χ4v) is 2.42. The minimum Gasteiger partial charge on any atom is -0.491 e. The standard InChI is InChI=1S/C10H10BrNO/c11-7-1-2-9-8(5-7)10(6-13-9)3-4-12-10/h1-2,5,12H,3-4,6H2/t10-/m0/s1. The average molecular weight is 240 g/mol. The van der Waals surface area contributed by atoms with Gasteiger partial charge in [-0.1, -0.05) is 15.9 Å². The molecular weight excluding hydrogens is 230 g/mol. The molecule has 1 spiro atoms. The van der Waals surface area contributed by atoms with E-state index in [4.69, 9.17) is 4.74 Å². The third-order valence-corrected chi connectivity index (χ3v) is 3.44. The van der Waals surface area contributed by atoms with Crippen LogP contribution in [-0.2, 0) is 5.54 Å². The van der Waals surface area contributed by atoms with Gasteiger partial charge in [-0.25, -0.2) is 0 Å². The summed E-state index contributed by atoms with van der Waals surface area (Å²) in [5, 5.41) is 3.46. The van der Waals surface area contributed by atoms with Gasteiger partial charge in [0.25, 0.3) is 0 Å². The Morgan fingerprint density at radius 2 is 2.31 bits per heavy atom. The number of rotatable bonds is 0. The minimum atomic E-state index is 0.138. The van der Waals surface area contributed by atoms with Gasteiger partial charge in [-0.15, -0.1) is 0 Å². The van der Waals surface area contributed by atoms with Gasteiger partial charge in [-0.2, -0.15) is 0 Å². The Labute approximate surface area is 85.4 Å². The Hall–Kier alpha value is -0.540. The van der Waals surface area contributed by atoms with Crippen molar-refractivity contribution in [3.05, 3.63) is 28.2 Å². The highest BCUT2D eigenvalue weighted by Crippen LogP contribution is 2.43. The lowest BCUT2D eigenvalue weighted by atomic mass is 9.83. The molecule has 3 rings (SSSR count). The van der Waals surface area contributed by atoms with E-state index in [0.29, 0.717) is 0 Å². The average Bonchev–Trinajstić information content (AvgIpc) is 2.41. The van der Waals surface area contributed by atoms with Crippen LogP contribution in [0.25, 0.3) is 0 Å². The fraction of sp³-hybridized carbons (Fsp3) is 0.400. The monoisotopic (exact) mass is 239 g/mol. The number of hydrogen-bond acceptors (Lipinski definition) is 2. The summed E-state index contributed by atoms with van der Waals surface area (Å²) in [6, 6.07) is 6.22. The third kappa shape index (κ3) is 0.973. The van der Waals surface area contributed by atoms with Crippen molar-refractivity contribution in [2.45, 2.75) is 12.0 Å². The first-order valence-electron chi connectivity index (χ1n) is 4.48. The Bertz CT molecular complexity index is 360. The van der Waals surface area contributed by atoms with Gasteiger partial charge in [-0.3, -0.25) is 0 Å². The molecule has 1 aromatic rings. The van der Waals surface area contributed by atoms with Gasteiger partial charge in [0, 0.05) is 10.0 Å². The van der Waals surface area contributed by atoms with Crippen molar-refractivity contribution in [3.63, 3.8) is 0 Å². The highest BCUT2D eigenvalue weighted by molar-refractivity contribution is 9.10. The Morgan fingerprint density at radius 1 is 1.46 bits per heavy atom. The molecule has 68 valence electrons. The number of benzene rings is 1. The van der Waals surface area contributed by atoms with E-state index in [0.717, 1.165) is 23.4 Å². The summed E-state index contributed by atoms with van der Waals surface area (Å²) < 4.78 is 6.76. The number of fused-ring (bicyclic) bond motifs is 2. The van der Waals surface area contributed by atoms with E-state index in [1.165, 1.54) is 12.0 Å². The summed E-state index contributed by atoms with van der Waals surface area (Å²) >= 11 is 3.49. The van der Waals surface area contributed by atoms with Crippen LogP contribution in [0, 0.1) is 0 Å². The predicted octanol–water partition coefficient (Wildman–Crippen LogP) is 2.03. The van der Waals surface area contributed by atoms with Crippen molar-refractivity contribution in [3.8, 4) is 5.75 Å². The topological polar surface area (TPSA) is 21.3 Å². The van der Waals surface area contributed by atoms with Gasteiger partial charge in [0.05, 0.1) is 5.54 Å². The van der Waals surface area contributed by atoms with Gasteiger partial charge in [0.2, 0.25) is 0 Å². The van der Waals surface area contributed by atoms with E-state index >= 15 is 0 Å². The van der Waals surface area contributed by atoms with Crippen LogP contribution in [0.1, 0.15) is 12.0 Å². The maximum absolute atomic E-state index is 5.63. The summed E-state index contributed by atoms with van der Waals surface area (Å²) in [6.07, 6.45) is 1.19. The molecule has 1 atom stereocenters. The molecule has 2 heterocycles. The van der Waals surface area contributed by atoms with Crippen molar-refractivity contribution in [2.75, 3.05) is 13.2 Å². The lowest BCUT2D eigenvalue weighted by Crippen LogP contribution is -2.55. The second-order valence-electron chi connectivity index (χ2n) is 3.69. The zero-order valence-corrected chi connectivity index (χ0v) is 8.73. The molecule has 2 aliphatic rings. The van der Waals surface area contributed by atoms with Crippen LogP contribution >= 0.6 is 15.9 Å². The largest absolute Gasteiger partial charge is 0.491 e. The summed E-state index contributed by atoms with van der Waals surface area (Å²) in [5.41, 5.74) is 1.45. The summed E-state index contributed by atoms with van der Waals surface area (Å²) in [7, 11) is 0. The van der Waals surface area contributed by atoms with E-state index in [1.807, 2.05) is 12.1 Å². The van der Waals surface area contributed by atoms with Crippen molar-refractivity contribution in [1.82, 2.24) is 5.32 Å². The number of halogens is 1. The molecule has 2 nitrogen and oxygen atoms in total. The smallest absolute Gasteiger partial charge is 0.124 e. The number of nitrogens with one attached hydrogen (secondary N) is 1. The highest BCUT2D eigenvalue weighted by atomic mass is 79.9. The molecular formula is C10H10BrNO. The maximum atomic E-state index is 5.63. The van der Waals surface area contributed by atoms with Gasteiger partial charge in [-0.05, 0) is 31.2 Å². The molecule has 0 bridgehead atoms. The van der Waals surface area contributed by atoms with Gasteiger partial charge in [0.15, 0.2) is 0 Å². The van der Waals surface area contributed by atoms with Crippen molar-refractivity contribution < 1.29 is 4.74 Å². The molecule has 1 saturated heterocycles. The zero-order chi connectivity index (χ0) is 8.89. The summed E-state index contributed by atoms with van der Waals surface area (Å²) in [4.78, 5) is 0. The molecule has 0 unspecified atom stereocenters. The van der Waals surface area contributed by atoms with Crippen LogP contribution in [0.3, 0.4) is 0 Å². The lowest BCUT2D eigenvalue weighted by Gasteiger charge is -2.38. The van der Waals surface area contributed by atoms with E-state index in [2.05, 4.69) is 27.3 Å². The number of ether oxygens (including phenoxy) is 1. The molecule has 1 aromatic carbocycles. The van der Waals surface area contributed by atoms with Crippen molar-refractivity contribution in [2.24, 2.45) is 0 Å². The van der Waals surface area contributed by atoms with E-state index < -0.39 is 0 Å². The molecule has 0 amide bonds. The van der Waals surface area contributed by atoms with Crippen molar-refractivity contribution >= 4 is 15.9 Å². The molecule has 0 aliphatic carbocycles. The fourth-order valence-electron chi connectivity index (χ4n) is 2.06. The molecule has 0 aromatic heterocycles. The first-order valence-corrected chi connectivity index (χ1v) is 5.27. The van der Waals surface area contributed by atoms with Crippen molar-refractivity contribution in [1.29, 1.82) is 0 Å². The Balaban J connectivity index is 2.14. The molecule has 1 N–H and O–H groups in total. The third-order valence-electron chi connectivity index (χ3n) is 2.95. The number of hydrogen-bond donors (Lipinski definition) is 1. The van der Waals surface area contributed by atoms with Crippen LogP contribution in [0.5, 0.6) is 5.75 Å². The zero-order valence-electron chi connectivity index (χ0n) is 7.14. The molecule has 0 radical (unpaired) electrons. The van der Waals surface area contributed by atoms with Crippen LogP contribution in [0.4, 0.5) is 0 Å². The van der Waals surface area contributed by atoms with Crippen LogP contribution in [0.15, 0.2) is 22.7 Å². The molecule has 0 saturated carbocycles. The Kier molecular flexibility index (Phi) is 1.50. The van der Waals surface area contributed by atoms with Crippen LogP contribution < -0.4 is 10.1 Å². The molecule has 1 fully saturated rings. The second-order valence-corrected chi connectivity index (χ2v) is 4.60. The minimum absolute atomic E-state index is 0.138. The maximum Gasteiger partial charge on any atom is 0.124 e. The molecule has 3 heteroatoms. The van der Waals surface area contributed by atoms with E-state index in [9.17, 15) is 0 Å². The summed E-state index contributed by atoms with van der Waals surface area (Å²) in [6.45, 7) is 1.90. The van der Waals surface area contributed by atoms with Gasteiger partial charge in [0.1, 0.15) is 12.4 Å². The molecule has 13 heavy (non-hydrogen) atoms. The quantitative estimate of drug-likeness (QED) is 0.749. The SMILES string of the molecule is Brc1ccc2c(c1)[C@]1(CCN1)CO2. The van der Waals surface area contributed by atoms with E-state index in [-0.39, 0.29) is 5.54 Å². The summed E-state index contributed by atoms with van der Waals surface area (Å²) in [5.74, 6) is 1.04. The lowest BCUT2D eigenvalue weighted by molar-refractivity contribution is 0.154. The second kappa shape index (κ2) is 2.49. The van der Waals surface area contributed by atoms with Crippen LogP contribution in [0.2, 0.25) is 0 Å². The Morgan fingerprint density at radius 3 is 3.00 bits per heavy atom. The highest BCUT2D eigenvalue weighted by Gasteiger charge is 2.45. The van der Waals surface area contributed by atoms with Crippen LogP contribution in [-0.4, -0.2) is 13.2 Å². The predicted molar refractivity (Wildman–Crippen MR) is 53.9 cm³/mol. The van der Waals surface area contributed by atoms with Gasteiger partial charge >= 0.3 is 0 Å².